The average Bonchev–Trinajstić information content (AvgIpc) is 2.88. The molecule has 1 atom stereocenters. The number of para-hydroxylation sites is 1. The molecule has 20 heavy (non-hydrogen) atoms. The molecule has 112 valence electrons. The van der Waals surface area contributed by atoms with Crippen molar-refractivity contribution in [2.24, 2.45) is 0 Å². The van der Waals surface area contributed by atoms with Gasteiger partial charge in [0, 0.05) is 25.2 Å². The quantitative estimate of drug-likeness (QED) is 0.659. The molecular weight excluding hydrogens is 306 g/mol. The van der Waals surface area contributed by atoms with Crippen LogP contribution in [0.1, 0.15) is 6.42 Å². The summed E-state index contributed by atoms with van der Waals surface area (Å²) in [6.07, 6.45) is 0.705. The molecule has 1 N–H and O–H groups in total. The smallest absolute Gasteiger partial charge is 0.289 e. The van der Waals surface area contributed by atoms with E-state index in [-0.39, 0.29) is 29.0 Å². The molecule has 1 aromatic rings. The Morgan fingerprint density at radius 2 is 2.05 bits per heavy atom. The summed E-state index contributed by atoms with van der Waals surface area (Å²) in [5, 5.41) is 13.9. The van der Waals surface area contributed by atoms with Crippen LogP contribution < -0.4 is 5.32 Å². The van der Waals surface area contributed by atoms with Gasteiger partial charge >= 0.3 is 0 Å². The van der Waals surface area contributed by atoms with E-state index in [1.54, 1.807) is 7.05 Å². The van der Waals surface area contributed by atoms with Crippen LogP contribution in [-0.2, 0) is 10.0 Å². The van der Waals surface area contributed by atoms with Crippen LogP contribution in [0.4, 0.5) is 5.69 Å². The lowest BCUT2D eigenvalue weighted by Crippen LogP contribution is -2.33. The van der Waals surface area contributed by atoms with Crippen molar-refractivity contribution in [3.8, 4) is 0 Å². The van der Waals surface area contributed by atoms with E-state index in [9.17, 15) is 18.5 Å². The maximum atomic E-state index is 12.4. The third-order valence-corrected chi connectivity index (χ3v) is 5.15. The second-order valence-corrected chi connectivity index (χ2v) is 6.27. The number of benzene rings is 1. The molecule has 0 saturated carbocycles. The van der Waals surface area contributed by atoms with Gasteiger partial charge < -0.3 is 5.32 Å². The fourth-order valence-electron chi connectivity index (χ4n) is 2.15. The lowest BCUT2D eigenvalue weighted by atomic mass is 10.3. The van der Waals surface area contributed by atoms with Crippen LogP contribution in [0.25, 0.3) is 0 Å². The van der Waals surface area contributed by atoms with Gasteiger partial charge in [0.2, 0.25) is 10.0 Å². The number of sulfonamides is 1. The Hall–Kier alpha value is -1.22. The Morgan fingerprint density at radius 1 is 1.40 bits per heavy atom. The van der Waals surface area contributed by atoms with Gasteiger partial charge in [-0.25, -0.2) is 8.42 Å². The second-order valence-electron chi connectivity index (χ2n) is 4.36. The van der Waals surface area contributed by atoms with Gasteiger partial charge in [-0.3, -0.25) is 10.1 Å². The van der Waals surface area contributed by atoms with Crippen molar-refractivity contribution in [2.75, 3.05) is 20.1 Å². The van der Waals surface area contributed by atoms with E-state index in [1.807, 2.05) is 0 Å². The highest BCUT2D eigenvalue weighted by Crippen LogP contribution is 2.28. The van der Waals surface area contributed by atoms with Crippen LogP contribution in [-0.4, -0.2) is 43.8 Å². The molecule has 1 unspecified atom stereocenters. The van der Waals surface area contributed by atoms with E-state index in [2.05, 4.69) is 5.32 Å². The van der Waals surface area contributed by atoms with Crippen LogP contribution >= 0.6 is 12.4 Å². The maximum Gasteiger partial charge on any atom is 0.289 e. The van der Waals surface area contributed by atoms with Crippen molar-refractivity contribution < 1.29 is 13.3 Å². The third-order valence-electron chi connectivity index (χ3n) is 3.24. The first-order valence-corrected chi connectivity index (χ1v) is 7.31. The molecule has 1 aliphatic heterocycles. The Balaban J connectivity index is 0.00000200. The molecule has 1 aromatic carbocycles. The van der Waals surface area contributed by atoms with Crippen molar-refractivity contribution in [3.63, 3.8) is 0 Å². The van der Waals surface area contributed by atoms with Crippen LogP contribution in [0.3, 0.4) is 0 Å². The molecule has 0 spiro atoms. The van der Waals surface area contributed by atoms with E-state index in [0.29, 0.717) is 19.5 Å². The SMILES string of the molecule is CNC1CCN(S(=O)(=O)c2ccccc2[N+](=O)[O-])C1.Cl. The summed E-state index contributed by atoms with van der Waals surface area (Å²) in [5.74, 6) is 0. The lowest BCUT2D eigenvalue weighted by molar-refractivity contribution is -0.387. The summed E-state index contributed by atoms with van der Waals surface area (Å²) >= 11 is 0. The molecule has 0 aromatic heterocycles. The van der Waals surface area contributed by atoms with Crippen molar-refractivity contribution in [1.82, 2.24) is 9.62 Å². The monoisotopic (exact) mass is 321 g/mol. The first-order chi connectivity index (χ1) is 8.96. The molecule has 0 aliphatic carbocycles. The first kappa shape index (κ1) is 16.8. The number of nitrogens with one attached hydrogen (secondary N) is 1. The Kier molecular flexibility index (Phi) is 5.46. The fourth-order valence-corrected chi connectivity index (χ4v) is 3.80. The minimum atomic E-state index is -3.81. The number of nitro benzene ring substituents is 1. The van der Waals surface area contributed by atoms with Gasteiger partial charge in [-0.05, 0) is 19.5 Å². The van der Waals surface area contributed by atoms with Crippen LogP contribution in [0, 0.1) is 10.1 Å². The van der Waals surface area contributed by atoms with Gasteiger partial charge in [0.25, 0.3) is 5.69 Å². The topological polar surface area (TPSA) is 92.6 Å². The largest absolute Gasteiger partial charge is 0.316 e. The standard InChI is InChI=1S/C11H15N3O4S.ClH/c1-12-9-6-7-13(8-9)19(17,18)11-5-3-2-4-10(11)14(15)16;/h2-5,9,12H,6-8H2,1H3;1H. The van der Waals surface area contributed by atoms with Gasteiger partial charge in [-0.1, -0.05) is 12.1 Å². The number of hydrogen-bond acceptors (Lipinski definition) is 5. The van der Waals surface area contributed by atoms with Crippen molar-refractivity contribution in [1.29, 1.82) is 0 Å². The fraction of sp³-hybridized carbons (Fsp3) is 0.455. The van der Waals surface area contributed by atoms with Crippen molar-refractivity contribution in [2.45, 2.75) is 17.4 Å². The molecule has 9 heteroatoms. The summed E-state index contributed by atoms with van der Waals surface area (Å²) in [4.78, 5) is 10.0. The van der Waals surface area contributed by atoms with E-state index in [0.717, 1.165) is 0 Å². The second kappa shape index (κ2) is 6.49. The summed E-state index contributed by atoms with van der Waals surface area (Å²) in [7, 11) is -2.04. The summed E-state index contributed by atoms with van der Waals surface area (Å²) in [6.45, 7) is 0.713. The minimum absolute atomic E-state index is 0. The molecule has 1 aliphatic rings. The summed E-state index contributed by atoms with van der Waals surface area (Å²) in [5.41, 5.74) is -0.379. The van der Waals surface area contributed by atoms with Crippen molar-refractivity contribution in [3.05, 3.63) is 34.4 Å². The van der Waals surface area contributed by atoms with E-state index >= 15 is 0 Å². The summed E-state index contributed by atoms with van der Waals surface area (Å²) in [6, 6.07) is 5.53. The number of halogens is 1. The van der Waals surface area contributed by atoms with Gasteiger partial charge in [-0.2, -0.15) is 4.31 Å². The molecule has 0 radical (unpaired) electrons. The predicted molar refractivity (Wildman–Crippen MR) is 76.6 cm³/mol. The number of nitro groups is 1. The lowest BCUT2D eigenvalue weighted by Gasteiger charge is -2.16. The zero-order valence-corrected chi connectivity index (χ0v) is 12.5. The van der Waals surface area contributed by atoms with E-state index < -0.39 is 14.9 Å². The number of hydrogen-bond donors (Lipinski definition) is 1. The normalized spacial score (nSPS) is 19.6. The molecule has 0 bridgehead atoms. The number of likely N-dealkylation sites (N-methyl/N-ethyl adjacent to an activating group) is 1. The minimum Gasteiger partial charge on any atom is -0.316 e. The molecule has 1 heterocycles. The number of nitrogens with zero attached hydrogens (tertiary/aromatic N) is 2. The zero-order chi connectivity index (χ0) is 14.0. The van der Waals surface area contributed by atoms with Crippen LogP contribution in [0.2, 0.25) is 0 Å². The predicted octanol–water partition coefficient (Wildman–Crippen LogP) is 0.999. The van der Waals surface area contributed by atoms with Gasteiger partial charge in [0.15, 0.2) is 4.90 Å². The molecule has 2 rings (SSSR count). The van der Waals surface area contributed by atoms with Gasteiger partial charge in [0.05, 0.1) is 4.92 Å². The van der Waals surface area contributed by atoms with Crippen LogP contribution in [0.15, 0.2) is 29.2 Å². The maximum absolute atomic E-state index is 12.4. The Morgan fingerprint density at radius 3 is 2.60 bits per heavy atom. The highest BCUT2D eigenvalue weighted by Gasteiger charge is 2.35. The first-order valence-electron chi connectivity index (χ1n) is 5.87. The highest BCUT2D eigenvalue weighted by atomic mass is 35.5. The molecular formula is C11H16ClN3O4S. The van der Waals surface area contributed by atoms with Crippen molar-refractivity contribution >= 4 is 28.1 Å². The van der Waals surface area contributed by atoms with Crippen LogP contribution in [0.5, 0.6) is 0 Å². The highest BCUT2D eigenvalue weighted by molar-refractivity contribution is 7.89. The van der Waals surface area contributed by atoms with Gasteiger partial charge in [0.1, 0.15) is 0 Å². The third kappa shape index (κ3) is 3.09. The molecule has 1 saturated heterocycles. The number of rotatable bonds is 4. The molecule has 0 amide bonds. The Labute approximate surface area is 123 Å². The van der Waals surface area contributed by atoms with Gasteiger partial charge in [-0.15, -0.1) is 12.4 Å². The summed E-state index contributed by atoms with van der Waals surface area (Å²) < 4.78 is 26.1. The molecule has 7 nitrogen and oxygen atoms in total. The Bertz CT molecular complexity index is 593. The zero-order valence-electron chi connectivity index (χ0n) is 10.9. The average molecular weight is 322 g/mol. The molecule has 1 fully saturated rings. The van der Waals surface area contributed by atoms with E-state index in [4.69, 9.17) is 0 Å². The van der Waals surface area contributed by atoms with E-state index in [1.165, 1.54) is 28.6 Å².